The standard InChI is InChI=1S/2C30H36N6O3.C29H34N6O3/c2*1-5-27(38)35-16-30(17-35)18-36(19-30)28-24-10-11-34(26-13-22(37)12-21-8-6-7-9-23(21)26)15-25(24)31-29(32-28)39-20(2)14-33(3)4;1-4-26(37)34-16-29(17-34)18-35(19-29)27-23-9-10-33(15-24(23)30-28(31-27)38-12-11-32(2)3)25-14-21(36)13-20-7-5-6-8-22(20)25/h2*5-9,12-13,20,37H,1,10-11,14-19H2,2-4H3;4-8,13-14,36H,1,9-12,15-19H2,2-3H3/t20-;;/m1../s1. The molecular weight excluding hydrogens is 1470 g/mol. The van der Waals surface area contributed by atoms with Crippen LogP contribution in [-0.4, -0.2) is 271 Å². The van der Waals surface area contributed by atoms with Crippen LogP contribution < -0.4 is 43.6 Å². The molecule has 2 atom stereocenters. The van der Waals surface area contributed by atoms with Crippen molar-refractivity contribution in [2.24, 2.45) is 16.2 Å². The lowest BCUT2D eigenvalue weighted by molar-refractivity contribution is -0.140. The highest BCUT2D eigenvalue weighted by molar-refractivity contribution is 5.98. The van der Waals surface area contributed by atoms with Crippen LogP contribution in [0.25, 0.3) is 32.3 Å². The van der Waals surface area contributed by atoms with Gasteiger partial charge in [-0.15, -0.1) is 0 Å². The number of benzene rings is 6. The van der Waals surface area contributed by atoms with Gasteiger partial charge in [0.05, 0.1) is 36.7 Å². The van der Waals surface area contributed by atoms with Crippen molar-refractivity contribution in [1.82, 2.24) is 59.3 Å². The second-order valence-electron chi connectivity index (χ2n) is 34.1. The Kier molecular flexibility index (Phi) is 21.6. The molecule has 0 aliphatic carbocycles. The quantitative estimate of drug-likeness (QED) is 0.0568. The predicted molar refractivity (Wildman–Crippen MR) is 453 cm³/mol. The third-order valence-electron chi connectivity index (χ3n) is 23.9. The van der Waals surface area contributed by atoms with Gasteiger partial charge in [0.2, 0.25) is 17.7 Å². The third kappa shape index (κ3) is 16.0. The lowest BCUT2D eigenvalue weighted by Gasteiger charge is -2.60. The molecule has 0 saturated carbocycles. The van der Waals surface area contributed by atoms with Crippen LogP contribution in [0.5, 0.6) is 35.3 Å². The fourth-order valence-corrected chi connectivity index (χ4v) is 18.6. The number of aromatic hydroxyl groups is 3. The first-order chi connectivity index (χ1) is 55.8. The molecule has 0 radical (unpaired) electrons. The van der Waals surface area contributed by atoms with Crippen LogP contribution in [-0.2, 0) is 53.3 Å². The Labute approximate surface area is 677 Å². The van der Waals surface area contributed by atoms with Gasteiger partial charge in [0.1, 0.15) is 53.5 Å². The molecule has 3 N–H and O–H groups in total. The fraction of sp³-hybridized carbons (Fsp3) is 0.427. The number of likely N-dealkylation sites (tertiary alicyclic amines) is 3. The normalized spacial score (nSPS) is 18.3. The maximum atomic E-state index is 12.0. The smallest absolute Gasteiger partial charge is 0.318 e. The van der Waals surface area contributed by atoms with E-state index < -0.39 is 0 Å². The molecule has 6 fully saturated rings. The molecule has 9 aliphatic rings. The monoisotopic (exact) mass is 1570 g/mol. The number of ether oxygens (including phenoxy) is 3. The molecule has 116 heavy (non-hydrogen) atoms. The summed E-state index contributed by atoms with van der Waals surface area (Å²) in [6, 6.07) is 36.6. The average Bonchev–Trinajstić information content (AvgIpc) is 0.731. The van der Waals surface area contributed by atoms with Crippen molar-refractivity contribution in [2.45, 2.75) is 65.0 Å². The van der Waals surface area contributed by atoms with Gasteiger partial charge in [0, 0.05) is 202 Å². The molecule has 3 amide bonds. The van der Waals surface area contributed by atoms with E-state index in [0.717, 1.165) is 232 Å². The first-order valence-electron chi connectivity index (χ1n) is 40.3. The van der Waals surface area contributed by atoms with E-state index in [1.54, 1.807) is 18.2 Å². The summed E-state index contributed by atoms with van der Waals surface area (Å²) in [6.45, 7) is 31.8. The second-order valence-corrected chi connectivity index (χ2v) is 34.1. The highest BCUT2D eigenvalue weighted by atomic mass is 16.5. The van der Waals surface area contributed by atoms with Crippen molar-refractivity contribution in [3.63, 3.8) is 0 Å². The summed E-state index contributed by atoms with van der Waals surface area (Å²) in [5, 5.41) is 37.7. The third-order valence-corrected chi connectivity index (χ3v) is 23.9. The Balaban J connectivity index is 0.000000131. The number of rotatable bonds is 21. The van der Waals surface area contributed by atoms with Crippen molar-refractivity contribution >= 4 is 84.6 Å². The minimum absolute atomic E-state index is 0.00335. The molecule has 1 unspecified atom stereocenters. The number of likely N-dealkylation sites (N-methyl/N-ethyl adjacent to an activating group) is 3. The lowest BCUT2D eigenvalue weighted by atomic mass is 9.72. The van der Waals surface area contributed by atoms with Crippen LogP contribution >= 0.6 is 0 Å². The Morgan fingerprint density at radius 1 is 0.422 bits per heavy atom. The number of fused-ring (bicyclic) bond motifs is 6. The average molecular weight is 1570 g/mol. The summed E-state index contributed by atoms with van der Waals surface area (Å²) in [6.07, 6.45) is 6.45. The maximum absolute atomic E-state index is 12.0. The van der Waals surface area contributed by atoms with Crippen LogP contribution in [0.3, 0.4) is 0 Å². The zero-order valence-electron chi connectivity index (χ0n) is 67.9. The van der Waals surface area contributed by atoms with Crippen molar-refractivity contribution in [1.29, 1.82) is 0 Å². The molecule has 18 rings (SSSR count). The first kappa shape index (κ1) is 78.3. The second kappa shape index (κ2) is 31.9. The predicted octanol–water partition coefficient (Wildman–Crippen LogP) is 8.80. The molecule has 6 saturated heterocycles. The molecule has 3 aromatic heterocycles. The fourth-order valence-electron chi connectivity index (χ4n) is 18.6. The van der Waals surface area contributed by atoms with E-state index in [-0.39, 0.29) is 63.4 Å². The molecule has 6 aromatic carbocycles. The summed E-state index contributed by atoms with van der Waals surface area (Å²) in [5.74, 6) is 3.64. The summed E-state index contributed by atoms with van der Waals surface area (Å²) >= 11 is 0. The zero-order chi connectivity index (χ0) is 81.1. The number of carbonyl (C=O) groups excluding carboxylic acids is 3. The van der Waals surface area contributed by atoms with E-state index in [0.29, 0.717) is 44.3 Å². The van der Waals surface area contributed by atoms with E-state index in [9.17, 15) is 29.7 Å². The molecule has 9 aliphatic heterocycles. The van der Waals surface area contributed by atoms with Crippen LogP contribution in [0.4, 0.5) is 34.5 Å². The van der Waals surface area contributed by atoms with Crippen molar-refractivity contribution < 1.29 is 43.9 Å². The summed E-state index contributed by atoms with van der Waals surface area (Å²) in [5.41, 5.74) is 9.81. The maximum Gasteiger partial charge on any atom is 0.318 e. The minimum atomic E-state index is -0.0616. The molecule has 27 heteroatoms. The Hall–Kier alpha value is -11.6. The molecule has 12 heterocycles. The van der Waals surface area contributed by atoms with E-state index >= 15 is 0 Å². The zero-order valence-corrected chi connectivity index (χ0v) is 67.9. The highest BCUT2D eigenvalue weighted by Crippen LogP contribution is 2.49. The highest BCUT2D eigenvalue weighted by Gasteiger charge is 2.56. The van der Waals surface area contributed by atoms with Gasteiger partial charge in [0.25, 0.3) is 0 Å². The molecule has 9 aromatic rings. The van der Waals surface area contributed by atoms with Crippen LogP contribution in [0.1, 0.15) is 47.6 Å². The van der Waals surface area contributed by atoms with Crippen LogP contribution in [0, 0.1) is 16.2 Å². The Morgan fingerprint density at radius 3 is 1.03 bits per heavy atom. The van der Waals surface area contributed by atoms with E-state index in [1.165, 1.54) is 23.8 Å². The van der Waals surface area contributed by atoms with Gasteiger partial charge in [-0.3, -0.25) is 14.4 Å². The van der Waals surface area contributed by atoms with E-state index in [4.69, 9.17) is 44.1 Å². The Morgan fingerprint density at radius 2 is 0.724 bits per heavy atom. The number of hydrogen-bond donors (Lipinski definition) is 3. The van der Waals surface area contributed by atoms with Crippen molar-refractivity contribution in [3.05, 3.63) is 181 Å². The number of aromatic nitrogens is 6. The molecule has 3 spiro atoms. The molecular formula is C89H106N18O9. The van der Waals surface area contributed by atoms with Gasteiger partial charge in [-0.25, -0.2) is 0 Å². The summed E-state index contributed by atoms with van der Waals surface area (Å²) < 4.78 is 18.5. The molecule has 606 valence electrons. The van der Waals surface area contributed by atoms with Crippen molar-refractivity contribution in [3.8, 4) is 35.3 Å². The minimum Gasteiger partial charge on any atom is -0.508 e. The van der Waals surface area contributed by atoms with E-state index in [1.807, 2.05) is 144 Å². The lowest BCUT2D eigenvalue weighted by Crippen LogP contribution is -2.73. The number of hydrogen-bond acceptors (Lipinski definition) is 24. The molecule has 0 bridgehead atoms. The largest absolute Gasteiger partial charge is 0.508 e. The SMILES string of the molecule is C=CC(=O)N1CC2(C1)CN(c1nc(OC(C)CN(C)C)nc3c1CCN(c1cc(O)cc4ccccc14)C3)C2.C=CC(=O)N1CC2(C1)CN(c1nc(OCCN(C)C)nc3c1CCN(c1cc(O)cc4ccccc14)C3)C2.C=CC(=O)N1CC2(C1)CN(c1nc(O[C@H](C)CN(C)C)nc3c1CCN(c1cc(O)cc4ccccc14)C3)C2. The molecule has 27 nitrogen and oxygen atoms in total. The number of carbonyl (C=O) groups is 3. The first-order valence-corrected chi connectivity index (χ1v) is 40.3. The van der Waals surface area contributed by atoms with Crippen LogP contribution in [0.2, 0.25) is 0 Å². The number of phenols is 3. The van der Waals surface area contributed by atoms with Gasteiger partial charge in [0.15, 0.2) is 0 Å². The van der Waals surface area contributed by atoms with Crippen molar-refractivity contribution in [2.75, 3.05) is 196 Å². The number of anilines is 6. The Bertz CT molecular complexity index is 5050. The van der Waals surface area contributed by atoms with E-state index in [2.05, 4.69) is 82.0 Å². The van der Waals surface area contributed by atoms with Crippen LogP contribution in [0.15, 0.2) is 147 Å². The topological polar surface area (TPSA) is 256 Å². The number of phenolic OH excluding ortho intramolecular Hbond substituents is 3. The summed E-state index contributed by atoms with van der Waals surface area (Å²) in [7, 11) is 12.1. The summed E-state index contributed by atoms with van der Waals surface area (Å²) in [4.78, 5) is 90.9. The van der Waals surface area contributed by atoms with Gasteiger partial charge in [-0.05, 0) is 128 Å². The van der Waals surface area contributed by atoms with Gasteiger partial charge in [-0.1, -0.05) is 92.5 Å². The van der Waals surface area contributed by atoms with Gasteiger partial charge in [-0.2, -0.15) is 29.9 Å². The van der Waals surface area contributed by atoms with Gasteiger partial charge >= 0.3 is 18.0 Å². The van der Waals surface area contributed by atoms with Gasteiger partial charge < -0.3 is 88.3 Å². The number of nitrogens with zero attached hydrogens (tertiary/aromatic N) is 18. The number of amides is 3.